The Bertz CT molecular complexity index is 740. The average Bonchev–Trinajstić information content (AvgIpc) is 2.69. The van der Waals surface area contributed by atoms with Gasteiger partial charge < -0.3 is 24.4 Å². The molecule has 2 aromatic rings. The van der Waals surface area contributed by atoms with E-state index in [9.17, 15) is 4.79 Å². The lowest BCUT2D eigenvalue weighted by Gasteiger charge is -2.29. The molecule has 1 saturated heterocycles. The molecule has 0 bridgehead atoms. The van der Waals surface area contributed by atoms with E-state index in [2.05, 4.69) is 10.2 Å². The zero-order valence-corrected chi connectivity index (χ0v) is 15.2. The highest BCUT2D eigenvalue weighted by Gasteiger charge is 2.15. The number of nitrogens with zero attached hydrogens (tertiary/aromatic N) is 1. The molecule has 0 spiro atoms. The maximum atomic E-state index is 12.5. The van der Waals surface area contributed by atoms with E-state index in [1.807, 2.05) is 42.5 Å². The molecule has 26 heavy (non-hydrogen) atoms. The number of rotatable bonds is 6. The molecular weight excluding hydrogens is 332 g/mol. The number of benzene rings is 2. The Kier molecular flexibility index (Phi) is 5.96. The van der Waals surface area contributed by atoms with Crippen molar-refractivity contribution in [3.05, 3.63) is 48.0 Å². The number of methoxy groups -OCH3 is 2. The van der Waals surface area contributed by atoms with Crippen molar-refractivity contribution in [2.24, 2.45) is 0 Å². The lowest BCUT2D eigenvalue weighted by molar-refractivity contribution is -0.115. The molecule has 1 aliphatic heterocycles. The minimum absolute atomic E-state index is 0.0902. The van der Waals surface area contributed by atoms with Crippen LogP contribution in [0.15, 0.2) is 42.5 Å². The highest BCUT2D eigenvalue weighted by molar-refractivity contribution is 5.94. The van der Waals surface area contributed by atoms with Gasteiger partial charge >= 0.3 is 0 Å². The van der Waals surface area contributed by atoms with Gasteiger partial charge in [0, 0.05) is 18.8 Å². The number of carbonyl (C=O) groups is 1. The van der Waals surface area contributed by atoms with E-state index in [4.69, 9.17) is 14.2 Å². The average molecular weight is 356 g/mol. The van der Waals surface area contributed by atoms with E-state index >= 15 is 0 Å². The summed E-state index contributed by atoms with van der Waals surface area (Å²) < 4.78 is 15.9. The number of nitrogens with one attached hydrogen (secondary N) is 1. The van der Waals surface area contributed by atoms with Crippen molar-refractivity contribution < 1.29 is 19.0 Å². The van der Waals surface area contributed by atoms with E-state index < -0.39 is 0 Å². The van der Waals surface area contributed by atoms with Crippen molar-refractivity contribution in [2.45, 2.75) is 6.42 Å². The molecule has 0 atom stereocenters. The van der Waals surface area contributed by atoms with Gasteiger partial charge in [-0.05, 0) is 35.9 Å². The van der Waals surface area contributed by atoms with Crippen molar-refractivity contribution in [1.82, 2.24) is 0 Å². The van der Waals surface area contributed by atoms with E-state index in [-0.39, 0.29) is 12.3 Å². The summed E-state index contributed by atoms with van der Waals surface area (Å²) in [6.07, 6.45) is 0.287. The Morgan fingerprint density at radius 3 is 2.46 bits per heavy atom. The number of morpholine rings is 1. The summed E-state index contributed by atoms with van der Waals surface area (Å²) in [6, 6.07) is 13.3. The maximum absolute atomic E-state index is 12.5. The first-order valence-electron chi connectivity index (χ1n) is 8.63. The van der Waals surface area contributed by atoms with E-state index in [1.165, 1.54) is 0 Å². The molecule has 1 heterocycles. The Hall–Kier alpha value is -2.73. The molecular formula is C20H24N2O4. The highest BCUT2D eigenvalue weighted by Crippen LogP contribution is 2.30. The summed E-state index contributed by atoms with van der Waals surface area (Å²) in [5, 5.41) is 2.96. The number of hydrogen-bond acceptors (Lipinski definition) is 5. The molecule has 6 nitrogen and oxygen atoms in total. The van der Waals surface area contributed by atoms with Gasteiger partial charge in [0.15, 0.2) is 0 Å². The molecule has 138 valence electrons. The fraction of sp³-hybridized carbons (Fsp3) is 0.350. The first-order chi connectivity index (χ1) is 12.7. The topological polar surface area (TPSA) is 60.0 Å². The molecule has 1 N–H and O–H groups in total. The minimum Gasteiger partial charge on any atom is -0.497 e. The number of amides is 1. The third-order valence-electron chi connectivity index (χ3n) is 4.36. The predicted octanol–water partition coefficient (Wildman–Crippen LogP) is 2.72. The summed E-state index contributed by atoms with van der Waals surface area (Å²) in [7, 11) is 3.22. The first-order valence-corrected chi connectivity index (χ1v) is 8.63. The van der Waals surface area contributed by atoms with Gasteiger partial charge in [0.2, 0.25) is 5.91 Å². The summed E-state index contributed by atoms with van der Waals surface area (Å²) in [5.41, 5.74) is 2.65. The maximum Gasteiger partial charge on any atom is 0.228 e. The molecule has 1 fully saturated rings. The van der Waals surface area contributed by atoms with Crippen LogP contribution in [0.25, 0.3) is 0 Å². The molecule has 6 heteroatoms. The standard InChI is InChI=1S/C20H24N2O4/c1-24-17-6-3-15(4-7-17)13-20(23)21-18-14-16(5-8-19(18)25-2)22-9-11-26-12-10-22/h3-8,14H,9-13H2,1-2H3,(H,21,23). The van der Waals surface area contributed by atoms with Crippen molar-refractivity contribution in [3.8, 4) is 11.5 Å². The van der Waals surface area contributed by atoms with Crippen LogP contribution in [-0.2, 0) is 16.0 Å². The van der Waals surface area contributed by atoms with Gasteiger partial charge in [-0.2, -0.15) is 0 Å². The first kappa shape index (κ1) is 18.1. The van der Waals surface area contributed by atoms with E-state index in [1.54, 1.807) is 14.2 Å². The second-order valence-corrected chi connectivity index (χ2v) is 6.06. The van der Waals surface area contributed by atoms with Crippen LogP contribution in [0.1, 0.15) is 5.56 Å². The normalized spacial score (nSPS) is 14.0. The van der Waals surface area contributed by atoms with Crippen LogP contribution in [0.5, 0.6) is 11.5 Å². The van der Waals surface area contributed by atoms with Crippen molar-refractivity contribution in [3.63, 3.8) is 0 Å². The Balaban J connectivity index is 1.70. The summed E-state index contributed by atoms with van der Waals surface area (Å²) in [6.45, 7) is 3.10. The van der Waals surface area contributed by atoms with Gasteiger partial charge in [-0.15, -0.1) is 0 Å². The second kappa shape index (κ2) is 8.58. The van der Waals surface area contributed by atoms with Crippen LogP contribution in [0.4, 0.5) is 11.4 Å². The van der Waals surface area contributed by atoms with Crippen molar-refractivity contribution in [1.29, 1.82) is 0 Å². The molecule has 1 amide bonds. The Morgan fingerprint density at radius 1 is 1.08 bits per heavy atom. The van der Waals surface area contributed by atoms with Crippen LogP contribution in [0.2, 0.25) is 0 Å². The van der Waals surface area contributed by atoms with E-state index in [0.717, 1.165) is 30.1 Å². The number of anilines is 2. The van der Waals surface area contributed by atoms with Crippen LogP contribution >= 0.6 is 0 Å². The van der Waals surface area contributed by atoms with Crippen LogP contribution in [-0.4, -0.2) is 46.4 Å². The zero-order chi connectivity index (χ0) is 18.4. The third kappa shape index (κ3) is 4.46. The summed E-state index contributed by atoms with van der Waals surface area (Å²) in [5.74, 6) is 1.33. The quantitative estimate of drug-likeness (QED) is 0.862. The molecule has 2 aromatic carbocycles. The predicted molar refractivity (Wildman–Crippen MR) is 101 cm³/mol. The fourth-order valence-electron chi connectivity index (χ4n) is 2.94. The Morgan fingerprint density at radius 2 is 1.81 bits per heavy atom. The minimum atomic E-state index is -0.0902. The second-order valence-electron chi connectivity index (χ2n) is 6.06. The molecule has 0 aromatic heterocycles. The smallest absolute Gasteiger partial charge is 0.228 e. The van der Waals surface area contributed by atoms with Gasteiger partial charge in [-0.3, -0.25) is 4.79 Å². The van der Waals surface area contributed by atoms with Crippen LogP contribution < -0.4 is 19.7 Å². The highest BCUT2D eigenvalue weighted by atomic mass is 16.5. The third-order valence-corrected chi connectivity index (χ3v) is 4.36. The summed E-state index contributed by atoms with van der Waals surface area (Å²) in [4.78, 5) is 14.7. The fourth-order valence-corrected chi connectivity index (χ4v) is 2.94. The summed E-state index contributed by atoms with van der Waals surface area (Å²) >= 11 is 0. The van der Waals surface area contributed by atoms with Gasteiger partial charge in [-0.25, -0.2) is 0 Å². The number of hydrogen-bond donors (Lipinski definition) is 1. The van der Waals surface area contributed by atoms with Gasteiger partial charge in [0.1, 0.15) is 11.5 Å². The van der Waals surface area contributed by atoms with Crippen molar-refractivity contribution >= 4 is 17.3 Å². The molecule has 3 rings (SSSR count). The van der Waals surface area contributed by atoms with Gasteiger partial charge in [0.05, 0.1) is 39.5 Å². The lowest BCUT2D eigenvalue weighted by Crippen LogP contribution is -2.36. The Labute approximate surface area is 153 Å². The lowest BCUT2D eigenvalue weighted by atomic mass is 10.1. The number of carbonyl (C=O) groups excluding carboxylic acids is 1. The zero-order valence-electron chi connectivity index (χ0n) is 15.2. The molecule has 0 aliphatic carbocycles. The number of ether oxygens (including phenoxy) is 3. The largest absolute Gasteiger partial charge is 0.497 e. The molecule has 0 unspecified atom stereocenters. The molecule has 0 saturated carbocycles. The molecule has 0 radical (unpaired) electrons. The monoisotopic (exact) mass is 356 g/mol. The molecule has 1 aliphatic rings. The van der Waals surface area contributed by atoms with Crippen LogP contribution in [0, 0.1) is 0 Å². The SMILES string of the molecule is COc1ccc(CC(=O)Nc2cc(N3CCOCC3)ccc2OC)cc1. The van der Waals surface area contributed by atoms with E-state index in [0.29, 0.717) is 24.7 Å². The van der Waals surface area contributed by atoms with Gasteiger partial charge in [0.25, 0.3) is 0 Å². The van der Waals surface area contributed by atoms with Crippen molar-refractivity contribution in [2.75, 3.05) is 50.7 Å². The van der Waals surface area contributed by atoms with Gasteiger partial charge in [-0.1, -0.05) is 12.1 Å². The van der Waals surface area contributed by atoms with Crippen LogP contribution in [0.3, 0.4) is 0 Å².